The summed E-state index contributed by atoms with van der Waals surface area (Å²) in [5, 5.41) is 14.8. The molecule has 0 aliphatic carbocycles. The Balaban J connectivity index is 2.00. The molecular weight excluding hydrogens is 344 g/mol. The van der Waals surface area contributed by atoms with Crippen LogP contribution in [-0.4, -0.2) is 21.2 Å². The molecule has 2 aromatic heterocycles. The summed E-state index contributed by atoms with van der Waals surface area (Å²) < 4.78 is 6.10. The number of aromatic carboxylic acids is 1. The average Bonchev–Trinajstić information content (AvgIpc) is 3.07. The van der Waals surface area contributed by atoms with Crippen molar-refractivity contribution < 1.29 is 14.4 Å². The molecule has 0 spiro atoms. The zero-order valence-corrected chi connectivity index (χ0v) is 12.3. The highest BCUT2D eigenvalue weighted by Gasteiger charge is 2.15. The summed E-state index contributed by atoms with van der Waals surface area (Å²) in [6, 6.07) is 8.32. The van der Waals surface area contributed by atoms with Gasteiger partial charge in [-0.15, -0.1) is 11.3 Å². The molecule has 1 N–H and O–H groups in total. The topological polar surface area (TPSA) is 76.2 Å². The zero-order valence-electron chi connectivity index (χ0n) is 9.91. The van der Waals surface area contributed by atoms with Crippen LogP contribution in [0.1, 0.15) is 10.4 Å². The minimum Gasteiger partial charge on any atom is -0.478 e. The number of rotatable bonds is 3. The van der Waals surface area contributed by atoms with Crippen LogP contribution in [0.15, 0.2) is 44.7 Å². The van der Waals surface area contributed by atoms with E-state index in [0.717, 1.165) is 9.35 Å². The zero-order chi connectivity index (χ0) is 14.1. The Hall–Kier alpha value is -1.99. The molecule has 3 rings (SSSR count). The van der Waals surface area contributed by atoms with E-state index in [1.54, 1.807) is 12.1 Å². The normalized spacial score (nSPS) is 10.7. The molecule has 5 nitrogen and oxygen atoms in total. The predicted molar refractivity (Wildman–Crippen MR) is 77.7 cm³/mol. The van der Waals surface area contributed by atoms with Crippen LogP contribution >= 0.6 is 27.3 Å². The van der Waals surface area contributed by atoms with Crippen LogP contribution in [0.3, 0.4) is 0 Å². The van der Waals surface area contributed by atoms with Gasteiger partial charge in [0.15, 0.2) is 0 Å². The van der Waals surface area contributed by atoms with Crippen LogP contribution in [0.2, 0.25) is 0 Å². The van der Waals surface area contributed by atoms with Gasteiger partial charge < -0.3 is 9.63 Å². The van der Waals surface area contributed by atoms with E-state index in [9.17, 15) is 4.79 Å². The first kappa shape index (κ1) is 13.0. The number of hydrogen-bond donors (Lipinski definition) is 1. The van der Waals surface area contributed by atoms with Crippen LogP contribution < -0.4 is 0 Å². The molecule has 20 heavy (non-hydrogen) atoms. The van der Waals surface area contributed by atoms with Gasteiger partial charge in [-0.05, 0) is 39.5 Å². The monoisotopic (exact) mass is 350 g/mol. The molecule has 1 aromatic carbocycles. The van der Waals surface area contributed by atoms with Crippen LogP contribution in [-0.2, 0) is 0 Å². The van der Waals surface area contributed by atoms with Gasteiger partial charge in [0.05, 0.1) is 5.56 Å². The lowest BCUT2D eigenvalue weighted by molar-refractivity contribution is 0.0697. The molecule has 0 bridgehead atoms. The SMILES string of the molecule is O=C(O)c1cccc(-c2noc(-c3sccc3Br)n2)c1. The van der Waals surface area contributed by atoms with Gasteiger partial charge in [0.1, 0.15) is 4.88 Å². The highest BCUT2D eigenvalue weighted by Crippen LogP contribution is 2.33. The molecule has 2 heterocycles. The molecule has 0 aliphatic rings. The number of hydrogen-bond acceptors (Lipinski definition) is 5. The molecular formula is C13H7BrN2O3S. The fourth-order valence-electron chi connectivity index (χ4n) is 1.67. The highest BCUT2D eigenvalue weighted by molar-refractivity contribution is 9.10. The maximum Gasteiger partial charge on any atom is 0.335 e. The summed E-state index contributed by atoms with van der Waals surface area (Å²) in [5.74, 6) is -0.220. The first-order chi connectivity index (χ1) is 9.65. The number of carboxylic acid groups (broad SMARTS) is 1. The van der Waals surface area contributed by atoms with Crippen molar-refractivity contribution in [1.82, 2.24) is 10.1 Å². The first-order valence-corrected chi connectivity index (χ1v) is 7.23. The van der Waals surface area contributed by atoms with E-state index >= 15 is 0 Å². The number of thiophene rings is 1. The second-order valence-corrected chi connectivity index (χ2v) is 5.68. The molecule has 0 fully saturated rings. The van der Waals surface area contributed by atoms with Gasteiger partial charge in [-0.25, -0.2) is 4.79 Å². The van der Waals surface area contributed by atoms with Crippen molar-refractivity contribution in [3.05, 3.63) is 45.7 Å². The lowest BCUT2D eigenvalue weighted by atomic mass is 10.1. The molecule has 0 saturated heterocycles. The van der Waals surface area contributed by atoms with Crippen LogP contribution in [0, 0.1) is 0 Å². The van der Waals surface area contributed by atoms with Gasteiger partial charge in [0.25, 0.3) is 5.89 Å². The maximum absolute atomic E-state index is 11.0. The largest absolute Gasteiger partial charge is 0.478 e. The number of carboxylic acids is 1. The Morgan fingerprint density at radius 3 is 2.90 bits per heavy atom. The van der Waals surface area contributed by atoms with Crippen LogP contribution in [0.4, 0.5) is 0 Å². The van der Waals surface area contributed by atoms with E-state index in [1.165, 1.54) is 23.5 Å². The van der Waals surface area contributed by atoms with Crippen molar-refractivity contribution in [3.63, 3.8) is 0 Å². The maximum atomic E-state index is 11.0. The van der Waals surface area contributed by atoms with Gasteiger partial charge in [0, 0.05) is 10.0 Å². The lowest BCUT2D eigenvalue weighted by Crippen LogP contribution is -1.96. The van der Waals surface area contributed by atoms with E-state index in [0.29, 0.717) is 17.3 Å². The van der Waals surface area contributed by atoms with Gasteiger partial charge >= 0.3 is 5.97 Å². The standard InChI is InChI=1S/C13H7BrN2O3S/c14-9-4-5-20-10(9)12-15-11(16-19-12)7-2-1-3-8(6-7)13(17)18/h1-6H,(H,17,18). The third-order valence-electron chi connectivity index (χ3n) is 2.61. The number of carbonyl (C=O) groups is 1. The number of halogens is 1. The summed E-state index contributed by atoms with van der Waals surface area (Å²) in [6.07, 6.45) is 0. The fourth-order valence-corrected chi connectivity index (χ4v) is 3.13. The molecule has 0 atom stereocenters. The number of nitrogens with zero attached hydrogens (tertiary/aromatic N) is 2. The summed E-state index contributed by atoms with van der Waals surface area (Å²) in [4.78, 5) is 16.1. The first-order valence-electron chi connectivity index (χ1n) is 5.56. The second kappa shape index (κ2) is 5.18. The van der Waals surface area contributed by atoms with Crippen molar-refractivity contribution in [1.29, 1.82) is 0 Å². The Bertz CT molecular complexity index is 781. The molecule has 3 aromatic rings. The molecule has 0 amide bonds. The third-order valence-corrected chi connectivity index (χ3v) is 4.43. The number of aromatic nitrogens is 2. The Morgan fingerprint density at radius 2 is 2.20 bits per heavy atom. The quantitative estimate of drug-likeness (QED) is 0.774. The van der Waals surface area contributed by atoms with E-state index in [-0.39, 0.29) is 5.56 Å². The van der Waals surface area contributed by atoms with Gasteiger partial charge in [-0.3, -0.25) is 0 Å². The van der Waals surface area contributed by atoms with Gasteiger partial charge in [-0.1, -0.05) is 17.3 Å². The Kier molecular flexibility index (Phi) is 3.37. The Morgan fingerprint density at radius 1 is 1.35 bits per heavy atom. The smallest absolute Gasteiger partial charge is 0.335 e. The van der Waals surface area contributed by atoms with Crippen molar-refractivity contribution in [3.8, 4) is 22.2 Å². The number of benzene rings is 1. The van der Waals surface area contributed by atoms with Crippen LogP contribution in [0.5, 0.6) is 0 Å². The summed E-state index contributed by atoms with van der Waals surface area (Å²) >= 11 is 4.89. The van der Waals surface area contributed by atoms with Crippen molar-refractivity contribution in [2.45, 2.75) is 0 Å². The predicted octanol–water partition coefficient (Wildman–Crippen LogP) is 3.93. The van der Waals surface area contributed by atoms with Gasteiger partial charge in [0.2, 0.25) is 5.82 Å². The summed E-state index contributed by atoms with van der Waals surface area (Å²) in [6.45, 7) is 0. The van der Waals surface area contributed by atoms with E-state index in [1.807, 2.05) is 11.4 Å². The average molecular weight is 351 g/mol. The fraction of sp³-hybridized carbons (Fsp3) is 0. The molecule has 7 heteroatoms. The van der Waals surface area contributed by atoms with Crippen LogP contribution in [0.25, 0.3) is 22.2 Å². The molecule has 0 saturated carbocycles. The van der Waals surface area contributed by atoms with Crippen molar-refractivity contribution in [2.75, 3.05) is 0 Å². The summed E-state index contributed by atoms with van der Waals surface area (Å²) in [7, 11) is 0. The molecule has 0 unspecified atom stereocenters. The highest BCUT2D eigenvalue weighted by atomic mass is 79.9. The minimum absolute atomic E-state index is 0.186. The van der Waals surface area contributed by atoms with Crippen molar-refractivity contribution in [2.24, 2.45) is 0 Å². The molecule has 100 valence electrons. The Labute approximate surface area is 126 Å². The van der Waals surface area contributed by atoms with Gasteiger partial charge in [-0.2, -0.15) is 4.98 Å². The summed E-state index contributed by atoms with van der Waals surface area (Å²) in [5.41, 5.74) is 0.790. The second-order valence-electron chi connectivity index (χ2n) is 3.91. The minimum atomic E-state index is -0.989. The third kappa shape index (κ3) is 2.37. The lowest BCUT2D eigenvalue weighted by Gasteiger charge is -1.96. The molecule has 0 aliphatic heterocycles. The van der Waals surface area contributed by atoms with E-state index < -0.39 is 5.97 Å². The van der Waals surface area contributed by atoms with E-state index in [2.05, 4.69) is 26.1 Å². The van der Waals surface area contributed by atoms with E-state index in [4.69, 9.17) is 9.63 Å². The van der Waals surface area contributed by atoms with Crippen molar-refractivity contribution >= 4 is 33.2 Å². The molecule has 0 radical (unpaired) electrons.